The van der Waals surface area contributed by atoms with Gasteiger partial charge in [-0.25, -0.2) is 4.39 Å². The maximum absolute atomic E-state index is 13.1. The van der Waals surface area contributed by atoms with Crippen molar-refractivity contribution in [2.75, 3.05) is 13.1 Å². The summed E-state index contributed by atoms with van der Waals surface area (Å²) in [7, 11) is 0. The summed E-state index contributed by atoms with van der Waals surface area (Å²) >= 11 is 1.42. The number of nitrogens with one attached hydrogen (secondary N) is 1. The predicted octanol–water partition coefficient (Wildman–Crippen LogP) is 4.90. The molecule has 4 nitrogen and oxygen atoms in total. The molecule has 3 aromatic rings. The molecule has 154 valence electrons. The maximum Gasteiger partial charge on any atom is 0.263 e. The summed E-state index contributed by atoms with van der Waals surface area (Å²) < 4.78 is 13.1. The summed E-state index contributed by atoms with van der Waals surface area (Å²) in [6, 6.07) is 17.6. The highest BCUT2D eigenvalue weighted by Crippen LogP contribution is 2.29. The molecule has 0 radical (unpaired) electrons. The van der Waals surface area contributed by atoms with Crippen LogP contribution >= 0.6 is 11.3 Å². The molecule has 1 aromatic heterocycles. The van der Waals surface area contributed by atoms with Gasteiger partial charge in [0.1, 0.15) is 5.82 Å². The van der Waals surface area contributed by atoms with Crippen molar-refractivity contribution in [3.05, 3.63) is 82.5 Å². The van der Waals surface area contributed by atoms with E-state index in [1.54, 1.807) is 12.1 Å². The molecule has 0 atom stereocenters. The molecule has 0 saturated carbocycles. The zero-order chi connectivity index (χ0) is 21.1. The molecular weight excluding hydrogens is 399 g/mol. The van der Waals surface area contributed by atoms with Crippen LogP contribution in [-0.2, 0) is 0 Å². The van der Waals surface area contributed by atoms with Gasteiger partial charge < -0.3 is 10.2 Å². The van der Waals surface area contributed by atoms with E-state index in [2.05, 4.69) is 5.32 Å². The Morgan fingerprint density at radius 1 is 1.00 bits per heavy atom. The Kier molecular flexibility index (Phi) is 5.95. The van der Waals surface area contributed by atoms with E-state index in [0.29, 0.717) is 23.5 Å². The smallest absolute Gasteiger partial charge is 0.263 e. The highest BCUT2D eigenvalue weighted by Gasteiger charge is 2.26. The van der Waals surface area contributed by atoms with E-state index < -0.39 is 0 Å². The molecule has 6 heteroatoms. The minimum atomic E-state index is -0.274. The summed E-state index contributed by atoms with van der Waals surface area (Å²) in [5, 5.41) is 3.10. The summed E-state index contributed by atoms with van der Waals surface area (Å²) in [5.74, 6) is -0.318. The zero-order valence-corrected chi connectivity index (χ0v) is 17.5. The van der Waals surface area contributed by atoms with Crippen LogP contribution in [0.1, 0.15) is 38.4 Å². The molecule has 0 spiro atoms. The Balaban J connectivity index is 1.34. The molecule has 0 bridgehead atoms. The van der Waals surface area contributed by atoms with E-state index in [0.717, 1.165) is 28.8 Å². The van der Waals surface area contributed by atoms with E-state index in [-0.39, 0.29) is 23.7 Å². The van der Waals surface area contributed by atoms with Gasteiger partial charge in [0.15, 0.2) is 0 Å². The van der Waals surface area contributed by atoms with Gasteiger partial charge in [-0.15, -0.1) is 11.3 Å². The number of hydrogen-bond acceptors (Lipinski definition) is 3. The van der Waals surface area contributed by atoms with Crippen LogP contribution in [0.4, 0.5) is 4.39 Å². The molecule has 0 aliphatic carbocycles. The molecule has 1 aliphatic heterocycles. The fraction of sp³-hybridized carbons (Fsp3) is 0.250. The third-order valence-corrected chi connectivity index (χ3v) is 6.57. The highest BCUT2D eigenvalue weighted by molar-refractivity contribution is 7.17. The number of benzene rings is 2. The largest absolute Gasteiger partial charge is 0.349 e. The van der Waals surface area contributed by atoms with Crippen LogP contribution in [0, 0.1) is 12.7 Å². The predicted molar refractivity (Wildman–Crippen MR) is 117 cm³/mol. The van der Waals surface area contributed by atoms with Crippen molar-refractivity contribution >= 4 is 23.2 Å². The molecule has 1 fully saturated rings. The van der Waals surface area contributed by atoms with Gasteiger partial charge in [0.25, 0.3) is 11.8 Å². The molecule has 30 heavy (non-hydrogen) atoms. The first-order valence-corrected chi connectivity index (χ1v) is 10.8. The summed E-state index contributed by atoms with van der Waals surface area (Å²) in [4.78, 5) is 28.9. The van der Waals surface area contributed by atoms with Crippen LogP contribution in [0.5, 0.6) is 0 Å². The third-order valence-electron chi connectivity index (χ3n) is 5.45. The van der Waals surface area contributed by atoms with Crippen LogP contribution in [0.25, 0.3) is 10.4 Å². The molecule has 2 heterocycles. The van der Waals surface area contributed by atoms with E-state index in [1.807, 2.05) is 48.2 Å². The van der Waals surface area contributed by atoms with E-state index in [4.69, 9.17) is 0 Å². The molecule has 2 amide bonds. The molecule has 0 unspecified atom stereocenters. The van der Waals surface area contributed by atoms with E-state index in [1.165, 1.54) is 23.5 Å². The van der Waals surface area contributed by atoms with Crippen molar-refractivity contribution in [2.24, 2.45) is 0 Å². The van der Waals surface area contributed by atoms with Gasteiger partial charge in [0.05, 0.1) is 4.88 Å². The topological polar surface area (TPSA) is 49.4 Å². The van der Waals surface area contributed by atoms with Gasteiger partial charge in [-0.3, -0.25) is 9.59 Å². The summed E-state index contributed by atoms with van der Waals surface area (Å²) in [6.07, 6.45) is 1.47. The average molecular weight is 423 g/mol. The summed E-state index contributed by atoms with van der Waals surface area (Å²) in [5.41, 5.74) is 2.55. The zero-order valence-electron chi connectivity index (χ0n) is 16.7. The van der Waals surface area contributed by atoms with Crippen LogP contribution in [-0.4, -0.2) is 35.8 Å². The molecule has 1 N–H and O–H groups in total. The Bertz CT molecular complexity index is 1050. The maximum atomic E-state index is 13.1. The Morgan fingerprint density at radius 2 is 1.70 bits per heavy atom. The molecule has 4 rings (SSSR count). The van der Waals surface area contributed by atoms with E-state index >= 15 is 0 Å². The van der Waals surface area contributed by atoms with Gasteiger partial charge in [-0.2, -0.15) is 0 Å². The second-order valence-corrected chi connectivity index (χ2v) is 8.61. The first-order valence-electron chi connectivity index (χ1n) is 10.0. The van der Waals surface area contributed by atoms with Gasteiger partial charge in [-0.05, 0) is 61.2 Å². The van der Waals surface area contributed by atoms with Crippen molar-refractivity contribution in [1.82, 2.24) is 10.2 Å². The summed E-state index contributed by atoms with van der Waals surface area (Å²) in [6.45, 7) is 3.15. The average Bonchev–Trinajstić information content (AvgIpc) is 3.25. The number of carbonyl (C=O) groups excluding carboxylic acids is 2. The first kappa shape index (κ1) is 20.3. The highest BCUT2D eigenvalue weighted by atomic mass is 32.1. The number of rotatable bonds is 4. The lowest BCUT2D eigenvalue weighted by atomic mass is 10.0. The van der Waals surface area contributed by atoms with Crippen LogP contribution in [0.3, 0.4) is 0 Å². The monoisotopic (exact) mass is 422 g/mol. The SMILES string of the molecule is Cc1ccccc1C(=O)NC1CCN(C(=O)c2ccc(-c3ccc(F)cc3)s2)CC1. The lowest BCUT2D eigenvalue weighted by molar-refractivity contribution is 0.0702. The molecule has 1 aliphatic rings. The number of thiophene rings is 1. The molecule has 2 aromatic carbocycles. The number of aryl methyl sites for hydroxylation is 1. The number of piperidine rings is 1. The third kappa shape index (κ3) is 4.44. The fourth-order valence-corrected chi connectivity index (χ4v) is 4.68. The number of amides is 2. The number of likely N-dealkylation sites (tertiary alicyclic amines) is 1. The lowest BCUT2D eigenvalue weighted by Crippen LogP contribution is -2.46. The Morgan fingerprint density at radius 3 is 2.40 bits per heavy atom. The quantitative estimate of drug-likeness (QED) is 0.650. The van der Waals surface area contributed by atoms with Crippen molar-refractivity contribution in [3.63, 3.8) is 0 Å². The normalized spacial score (nSPS) is 14.5. The first-order chi connectivity index (χ1) is 14.5. The van der Waals surface area contributed by atoms with Crippen LogP contribution in [0.15, 0.2) is 60.7 Å². The minimum Gasteiger partial charge on any atom is -0.349 e. The van der Waals surface area contributed by atoms with E-state index in [9.17, 15) is 14.0 Å². The van der Waals surface area contributed by atoms with Gasteiger partial charge in [0, 0.05) is 29.6 Å². The number of nitrogens with zero attached hydrogens (tertiary/aromatic N) is 1. The van der Waals surface area contributed by atoms with Crippen molar-refractivity contribution < 1.29 is 14.0 Å². The fourth-order valence-electron chi connectivity index (χ4n) is 3.70. The Hall–Kier alpha value is -2.99. The van der Waals surface area contributed by atoms with Gasteiger partial charge in [-0.1, -0.05) is 30.3 Å². The van der Waals surface area contributed by atoms with Crippen LogP contribution < -0.4 is 5.32 Å². The molecular formula is C24H23FN2O2S. The van der Waals surface area contributed by atoms with Crippen LogP contribution in [0.2, 0.25) is 0 Å². The molecule has 1 saturated heterocycles. The second-order valence-electron chi connectivity index (χ2n) is 7.53. The number of carbonyl (C=O) groups is 2. The van der Waals surface area contributed by atoms with Gasteiger partial charge >= 0.3 is 0 Å². The Labute approximate surface area is 179 Å². The second kappa shape index (κ2) is 8.79. The minimum absolute atomic E-state index is 0.0112. The number of hydrogen-bond donors (Lipinski definition) is 1. The van der Waals surface area contributed by atoms with Crippen molar-refractivity contribution in [3.8, 4) is 10.4 Å². The number of halogens is 1. The standard InChI is InChI=1S/C24H23FN2O2S/c1-16-4-2-3-5-20(16)23(28)26-19-12-14-27(15-13-19)24(29)22-11-10-21(30-22)17-6-8-18(25)9-7-17/h2-11,19H,12-15H2,1H3,(H,26,28). The van der Waals surface area contributed by atoms with Crippen molar-refractivity contribution in [2.45, 2.75) is 25.8 Å². The van der Waals surface area contributed by atoms with Gasteiger partial charge in [0.2, 0.25) is 0 Å². The lowest BCUT2D eigenvalue weighted by Gasteiger charge is -2.32. The van der Waals surface area contributed by atoms with Crippen molar-refractivity contribution in [1.29, 1.82) is 0 Å².